The van der Waals surface area contributed by atoms with Gasteiger partial charge in [-0.25, -0.2) is 0 Å². The van der Waals surface area contributed by atoms with Crippen molar-refractivity contribution in [2.24, 2.45) is 0 Å². The number of para-hydroxylation sites is 1. The molecule has 0 saturated heterocycles. The number of hydrogen-bond donors (Lipinski definition) is 2. The second kappa shape index (κ2) is 5.04. The molecule has 0 amide bonds. The summed E-state index contributed by atoms with van der Waals surface area (Å²) in [5.41, 5.74) is 2.26. The minimum absolute atomic E-state index is 0.0765. The zero-order valence-electron chi connectivity index (χ0n) is 10.3. The van der Waals surface area contributed by atoms with Crippen LogP contribution in [0, 0.1) is 0 Å². The molecule has 1 heterocycles. The van der Waals surface area contributed by atoms with Gasteiger partial charge in [-0.3, -0.25) is 4.79 Å². The maximum atomic E-state index is 12.0. The van der Waals surface area contributed by atoms with Gasteiger partial charge in [-0.15, -0.1) is 0 Å². The average molecular weight is 230 g/mol. The molecule has 2 rings (SSSR count). The maximum absolute atomic E-state index is 12.0. The van der Waals surface area contributed by atoms with Crippen molar-refractivity contribution in [3.63, 3.8) is 0 Å². The first-order valence-corrected chi connectivity index (χ1v) is 6.15. The number of anilines is 1. The summed E-state index contributed by atoms with van der Waals surface area (Å²) in [6.45, 7) is 4.96. The third kappa shape index (κ3) is 2.33. The highest BCUT2D eigenvalue weighted by atomic mass is 16.1. The van der Waals surface area contributed by atoms with Crippen LogP contribution in [-0.4, -0.2) is 11.5 Å². The van der Waals surface area contributed by atoms with Crippen LogP contribution in [0.3, 0.4) is 0 Å². The third-order valence-electron chi connectivity index (χ3n) is 2.84. The SMILES string of the molecule is CCCc1cccc2c(=O)cc(NCC)[nH]c12. The number of nitrogens with one attached hydrogen (secondary N) is 2. The Kier molecular flexibility index (Phi) is 3.47. The molecule has 0 bridgehead atoms. The van der Waals surface area contributed by atoms with Crippen LogP contribution in [0.5, 0.6) is 0 Å². The Morgan fingerprint density at radius 2 is 2.12 bits per heavy atom. The minimum atomic E-state index is 0.0765. The summed E-state index contributed by atoms with van der Waals surface area (Å²) in [5, 5.41) is 3.93. The van der Waals surface area contributed by atoms with Gasteiger partial charge in [-0.2, -0.15) is 0 Å². The van der Waals surface area contributed by atoms with Crippen LogP contribution in [0.4, 0.5) is 5.82 Å². The van der Waals surface area contributed by atoms with E-state index in [0.29, 0.717) is 0 Å². The Balaban J connectivity index is 2.65. The second-order valence-electron chi connectivity index (χ2n) is 4.17. The summed E-state index contributed by atoms with van der Waals surface area (Å²) < 4.78 is 0. The lowest BCUT2D eigenvalue weighted by Gasteiger charge is -2.09. The molecule has 1 aromatic carbocycles. The summed E-state index contributed by atoms with van der Waals surface area (Å²) in [6, 6.07) is 7.54. The highest BCUT2D eigenvalue weighted by molar-refractivity contribution is 5.83. The number of rotatable bonds is 4. The summed E-state index contributed by atoms with van der Waals surface area (Å²) in [4.78, 5) is 15.3. The van der Waals surface area contributed by atoms with E-state index in [4.69, 9.17) is 0 Å². The zero-order valence-corrected chi connectivity index (χ0v) is 10.3. The molecule has 0 aliphatic rings. The van der Waals surface area contributed by atoms with Crippen LogP contribution in [-0.2, 0) is 6.42 Å². The van der Waals surface area contributed by atoms with E-state index in [1.807, 2.05) is 19.1 Å². The van der Waals surface area contributed by atoms with Crippen LogP contribution in [0.15, 0.2) is 29.1 Å². The molecule has 2 N–H and O–H groups in total. The maximum Gasteiger partial charge on any atom is 0.191 e. The van der Waals surface area contributed by atoms with Crippen molar-refractivity contribution in [3.05, 3.63) is 40.1 Å². The van der Waals surface area contributed by atoms with Crippen molar-refractivity contribution in [2.75, 3.05) is 11.9 Å². The summed E-state index contributed by atoms with van der Waals surface area (Å²) in [5.74, 6) is 0.800. The highest BCUT2D eigenvalue weighted by Gasteiger charge is 2.05. The van der Waals surface area contributed by atoms with Gasteiger partial charge in [0, 0.05) is 18.0 Å². The number of aromatic amines is 1. The monoisotopic (exact) mass is 230 g/mol. The Labute approximate surface area is 101 Å². The molecular formula is C14H18N2O. The van der Waals surface area contributed by atoms with E-state index in [2.05, 4.69) is 23.3 Å². The smallest absolute Gasteiger partial charge is 0.191 e. The molecule has 0 atom stereocenters. The molecule has 0 saturated carbocycles. The Bertz CT molecular complexity index is 572. The molecule has 0 unspecified atom stereocenters. The quantitative estimate of drug-likeness (QED) is 0.848. The number of pyridine rings is 1. The predicted molar refractivity (Wildman–Crippen MR) is 72.7 cm³/mol. The van der Waals surface area contributed by atoms with Crippen molar-refractivity contribution >= 4 is 16.7 Å². The Morgan fingerprint density at radius 3 is 2.82 bits per heavy atom. The van der Waals surface area contributed by atoms with E-state index in [-0.39, 0.29) is 5.43 Å². The normalized spacial score (nSPS) is 10.7. The fourth-order valence-corrected chi connectivity index (χ4v) is 2.10. The van der Waals surface area contributed by atoms with Gasteiger partial charge < -0.3 is 10.3 Å². The summed E-state index contributed by atoms with van der Waals surface area (Å²) in [7, 11) is 0. The number of hydrogen-bond acceptors (Lipinski definition) is 2. The second-order valence-corrected chi connectivity index (χ2v) is 4.17. The number of fused-ring (bicyclic) bond motifs is 1. The molecular weight excluding hydrogens is 212 g/mol. The van der Waals surface area contributed by atoms with Gasteiger partial charge in [0.25, 0.3) is 0 Å². The topological polar surface area (TPSA) is 44.9 Å². The molecule has 1 aromatic heterocycles. The first-order chi connectivity index (χ1) is 8.26. The molecule has 0 aliphatic carbocycles. The van der Waals surface area contributed by atoms with E-state index in [9.17, 15) is 4.79 Å². The Hall–Kier alpha value is -1.77. The van der Waals surface area contributed by atoms with Crippen molar-refractivity contribution in [2.45, 2.75) is 26.7 Å². The van der Waals surface area contributed by atoms with E-state index in [1.54, 1.807) is 6.07 Å². The standard InChI is InChI=1S/C14H18N2O/c1-3-6-10-7-5-8-11-12(17)9-13(15-4-2)16-14(10)11/h5,7-9H,3-4,6H2,1-2H3,(H2,15,16,17). The van der Waals surface area contributed by atoms with Gasteiger partial charge in [-0.05, 0) is 25.0 Å². The van der Waals surface area contributed by atoms with E-state index >= 15 is 0 Å². The van der Waals surface area contributed by atoms with Gasteiger partial charge in [0.1, 0.15) is 5.82 Å². The van der Waals surface area contributed by atoms with Crippen LogP contribution in [0.1, 0.15) is 25.8 Å². The molecule has 3 heteroatoms. The molecule has 0 aliphatic heterocycles. The lowest BCUT2D eigenvalue weighted by atomic mass is 10.1. The lowest BCUT2D eigenvalue weighted by molar-refractivity contribution is 0.926. The number of benzene rings is 1. The van der Waals surface area contributed by atoms with Crippen molar-refractivity contribution in [1.29, 1.82) is 0 Å². The fourth-order valence-electron chi connectivity index (χ4n) is 2.10. The zero-order chi connectivity index (χ0) is 12.3. The first kappa shape index (κ1) is 11.7. The van der Waals surface area contributed by atoms with Crippen molar-refractivity contribution in [3.8, 4) is 0 Å². The molecule has 17 heavy (non-hydrogen) atoms. The number of aromatic nitrogens is 1. The highest BCUT2D eigenvalue weighted by Crippen LogP contribution is 2.17. The largest absolute Gasteiger partial charge is 0.372 e. The summed E-state index contributed by atoms with van der Waals surface area (Å²) in [6.07, 6.45) is 2.06. The molecule has 2 aromatic rings. The number of aryl methyl sites for hydroxylation is 1. The van der Waals surface area contributed by atoms with Gasteiger partial charge in [0.05, 0.1) is 5.52 Å². The fraction of sp³-hybridized carbons (Fsp3) is 0.357. The average Bonchev–Trinajstić information content (AvgIpc) is 2.31. The third-order valence-corrected chi connectivity index (χ3v) is 2.84. The van der Waals surface area contributed by atoms with Crippen LogP contribution in [0.25, 0.3) is 10.9 Å². The predicted octanol–water partition coefficient (Wildman–Crippen LogP) is 2.91. The summed E-state index contributed by atoms with van der Waals surface area (Å²) >= 11 is 0. The van der Waals surface area contributed by atoms with Crippen LogP contribution < -0.4 is 10.7 Å². The molecule has 0 spiro atoms. The van der Waals surface area contributed by atoms with Crippen molar-refractivity contribution < 1.29 is 0 Å². The molecule has 90 valence electrons. The molecule has 0 fully saturated rings. The van der Waals surface area contributed by atoms with Gasteiger partial charge in [0.2, 0.25) is 0 Å². The van der Waals surface area contributed by atoms with E-state index in [0.717, 1.165) is 36.1 Å². The Morgan fingerprint density at radius 1 is 1.29 bits per heavy atom. The minimum Gasteiger partial charge on any atom is -0.372 e. The van der Waals surface area contributed by atoms with Crippen LogP contribution in [0.2, 0.25) is 0 Å². The number of H-pyrrole nitrogens is 1. The van der Waals surface area contributed by atoms with Gasteiger partial charge in [0.15, 0.2) is 5.43 Å². The van der Waals surface area contributed by atoms with Crippen LogP contribution >= 0.6 is 0 Å². The van der Waals surface area contributed by atoms with Crippen molar-refractivity contribution in [1.82, 2.24) is 4.98 Å². The van der Waals surface area contributed by atoms with Gasteiger partial charge >= 0.3 is 0 Å². The molecule has 0 radical (unpaired) electrons. The molecule has 3 nitrogen and oxygen atoms in total. The first-order valence-electron chi connectivity index (χ1n) is 6.15. The lowest BCUT2D eigenvalue weighted by Crippen LogP contribution is -2.08. The van der Waals surface area contributed by atoms with E-state index in [1.165, 1.54) is 5.56 Å². The van der Waals surface area contributed by atoms with Gasteiger partial charge in [-0.1, -0.05) is 25.5 Å². The van der Waals surface area contributed by atoms with E-state index < -0.39 is 0 Å².